The molecule has 2 aliphatic heterocycles. The molecule has 1 unspecified atom stereocenters. The van der Waals surface area contributed by atoms with Crippen molar-refractivity contribution in [2.45, 2.75) is 19.0 Å². The maximum Gasteiger partial charge on any atom is 0.0752 e. The number of nitrogens with one attached hydrogen (secondary N) is 1. The number of likely N-dealkylation sites (tertiary alicyclic amines) is 1. The predicted molar refractivity (Wildman–Crippen MR) is 66.7 cm³/mol. The van der Waals surface area contributed by atoms with Crippen LogP contribution in [0.1, 0.15) is 12.8 Å². The highest BCUT2D eigenvalue weighted by atomic mass is 16.3. The quantitative estimate of drug-likeness (QED) is 0.586. The van der Waals surface area contributed by atoms with E-state index in [0.717, 1.165) is 52.1 Å². The zero-order valence-electron chi connectivity index (χ0n) is 10.5. The molecule has 2 fully saturated rings. The number of nitrogens with zero attached hydrogens (tertiary/aromatic N) is 2. The number of hydrogen-bond acceptors (Lipinski definition) is 5. The average Bonchev–Trinajstić information content (AvgIpc) is 2.40. The molecule has 0 bridgehead atoms. The lowest BCUT2D eigenvalue weighted by Gasteiger charge is -2.45. The monoisotopic (exact) mass is 243 g/mol. The molecule has 0 aromatic carbocycles. The summed E-state index contributed by atoms with van der Waals surface area (Å²) in [4.78, 5) is 4.86. The first-order chi connectivity index (χ1) is 8.35. The number of hydrogen-bond donors (Lipinski definition) is 3. The molecule has 0 amide bonds. The van der Waals surface area contributed by atoms with Gasteiger partial charge in [-0.25, -0.2) is 0 Å². The van der Waals surface area contributed by atoms with E-state index < -0.39 is 0 Å². The highest BCUT2D eigenvalue weighted by Gasteiger charge is 2.30. The molecule has 0 spiro atoms. The van der Waals surface area contributed by atoms with E-state index in [1.165, 1.54) is 0 Å². The lowest BCUT2D eigenvalue weighted by Crippen LogP contribution is -2.61. The summed E-state index contributed by atoms with van der Waals surface area (Å²) >= 11 is 0. The summed E-state index contributed by atoms with van der Waals surface area (Å²) in [5.41, 5.74) is 0. The normalized spacial score (nSPS) is 29.6. The van der Waals surface area contributed by atoms with Gasteiger partial charge in [0.15, 0.2) is 0 Å². The molecule has 1 atom stereocenters. The Kier molecular flexibility index (Phi) is 5.18. The van der Waals surface area contributed by atoms with Gasteiger partial charge in [-0.15, -0.1) is 0 Å². The molecule has 0 aromatic heterocycles. The fourth-order valence-corrected chi connectivity index (χ4v) is 2.91. The van der Waals surface area contributed by atoms with E-state index >= 15 is 0 Å². The van der Waals surface area contributed by atoms with Crippen LogP contribution >= 0.6 is 0 Å². The molecule has 3 N–H and O–H groups in total. The SMILES string of the molecule is OCCN1CCNCC1N1CCC(CO)CC1. The molecule has 0 radical (unpaired) electrons. The second kappa shape index (κ2) is 6.66. The number of piperazine rings is 1. The van der Waals surface area contributed by atoms with Gasteiger partial charge in [-0.2, -0.15) is 0 Å². The summed E-state index contributed by atoms with van der Waals surface area (Å²) in [6, 6.07) is 0. The zero-order chi connectivity index (χ0) is 12.1. The third kappa shape index (κ3) is 3.39. The highest BCUT2D eigenvalue weighted by molar-refractivity contribution is 4.83. The van der Waals surface area contributed by atoms with Gasteiger partial charge in [-0.1, -0.05) is 0 Å². The van der Waals surface area contributed by atoms with Crippen LogP contribution in [0.3, 0.4) is 0 Å². The van der Waals surface area contributed by atoms with Gasteiger partial charge in [-0.3, -0.25) is 9.80 Å². The highest BCUT2D eigenvalue weighted by Crippen LogP contribution is 2.20. The smallest absolute Gasteiger partial charge is 0.0752 e. The third-order valence-electron chi connectivity index (χ3n) is 4.04. The predicted octanol–water partition coefficient (Wildman–Crippen LogP) is -1.09. The van der Waals surface area contributed by atoms with Gasteiger partial charge < -0.3 is 15.5 Å². The van der Waals surface area contributed by atoms with E-state index in [-0.39, 0.29) is 6.61 Å². The fraction of sp³-hybridized carbons (Fsp3) is 1.00. The molecule has 17 heavy (non-hydrogen) atoms. The van der Waals surface area contributed by atoms with Crippen molar-refractivity contribution in [3.05, 3.63) is 0 Å². The van der Waals surface area contributed by atoms with E-state index in [0.29, 0.717) is 18.7 Å². The number of piperidine rings is 1. The summed E-state index contributed by atoms with van der Waals surface area (Å²) in [5, 5.41) is 21.7. The first-order valence-electron chi connectivity index (χ1n) is 6.75. The Labute approximate surface area is 103 Å². The van der Waals surface area contributed by atoms with E-state index in [4.69, 9.17) is 10.2 Å². The molecule has 5 nitrogen and oxygen atoms in total. The van der Waals surface area contributed by atoms with Gasteiger partial charge in [0.1, 0.15) is 0 Å². The van der Waals surface area contributed by atoms with Gasteiger partial charge in [0.2, 0.25) is 0 Å². The molecule has 2 rings (SSSR count). The summed E-state index contributed by atoms with van der Waals surface area (Å²) in [6.45, 7) is 6.50. The molecule has 2 saturated heterocycles. The molecular weight excluding hydrogens is 218 g/mol. The van der Waals surface area contributed by atoms with Crippen LogP contribution in [0, 0.1) is 5.92 Å². The fourth-order valence-electron chi connectivity index (χ4n) is 2.91. The molecule has 2 heterocycles. The van der Waals surface area contributed by atoms with Gasteiger partial charge in [-0.05, 0) is 18.8 Å². The van der Waals surface area contributed by atoms with Gasteiger partial charge in [0.25, 0.3) is 0 Å². The Morgan fingerprint density at radius 2 is 1.88 bits per heavy atom. The van der Waals surface area contributed by atoms with Crippen LogP contribution in [0.25, 0.3) is 0 Å². The Hall–Kier alpha value is -0.200. The molecule has 0 aromatic rings. The first kappa shape index (κ1) is 13.2. The Balaban J connectivity index is 1.86. The molecule has 100 valence electrons. The van der Waals surface area contributed by atoms with Crippen LogP contribution in [-0.2, 0) is 0 Å². The number of rotatable bonds is 4. The summed E-state index contributed by atoms with van der Waals surface area (Å²) in [7, 11) is 0. The molecular formula is C12H25N3O2. The average molecular weight is 243 g/mol. The van der Waals surface area contributed by atoms with Crippen LogP contribution < -0.4 is 5.32 Å². The van der Waals surface area contributed by atoms with E-state index in [9.17, 15) is 0 Å². The van der Waals surface area contributed by atoms with Crippen LogP contribution in [-0.4, -0.2) is 78.7 Å². The summed E-state index contributed by atoms with van der Waals surface area (Å²) < 4.78 is 0. The van der Waals surface area contributed by atoms with Gasteiger partial charge in [0.05, 0.1) is 12.8 Å². The second-order valence-corrected chi connectivity index (χ2v) is 5.11. The van der Waals surface area contributed by atoms with Crippen molar-refractivity contribution >= 4 is 0 Å². The maximum absolute atomic E-state index is 9.15. The summed E-state index contributed by atoms with van der Waals surface area (Å²) in [6.07, 6.45) is 2.62. The topological polar surface area (TPSA) is 59.0 Å². The van der Waals surface area contributed by atoms with Crippen molar-refractivity contribution in [1.29, 1.82) is 0 Å². The summed E-state index contributed by atoms with van der Waals surface area (Å²) in [5.74, 6) is 0.495. The van der Waals surface area contributed by atoms with Crippen LogP contribution in [0.2, 0.25) is 0 Å². The lowest BCUT2D eigenvalue weighted by atomic mass is 9.97. The molecule has 2 aliphatic rings. The maximum atomic E-state index is 9.15. The van der Waals surface area contributed by atoms with Gasteiger partial charge in [0, 0.05) is 45.9 Å². The van der Waals surface area contributed by atoms with Crippen molar-refractivity contribution in [2.24, 2.45) is 5.92 Å². The Morgan fingerprint density at radius 1 is 1.12 bits per heavy atom. The number of aliphatic hydroxyl groups is 2. The number of aliphatic hydroxyl groups excluding tert-OH is 2. The van der Waals surface area contributed by atoms with Crippen LogP contribution in [0.15, 0.2) is 0 Å². The molecule has 0 saturated carbocycles. The molecule has 5 heteroatoms. The lowest BCUT2D eigenvalue weighted by molar-refractivity contribution is -0.00876. The van der Waals surface area contributed by atoms with E-state index in [2.05, 4.69) is 15.1 Å². The van der Waals surface area contributed by atoms with Gasteiger partial charge >= 0.3 is 0 Å². The first-order valence-corrected chi connectivity index (χ1v) is 6.75. The zero-order valence-corrected chi connectivity index (χ0v) is 10.5. The minimum Gasteiger partial charge on any atom is -0.396 e. The van der Waals surface area contributed by atoms with Crippen molar-refractivity contribution in [3.63, 3.8) is 0 Å². The van der Waals surface area contributed by atoms with E-state index in [1.807, 2.05) is 0 Å². The van der Waals surface area contributed by atoms with E-state index in [1.54, 1.807) is 0 Å². The minimum atomic E-state index is 0.240. The Morgan fingerprint density at radius 3 is 2.53 bits per heavy atom. The second-order valence-electron chi connectivity index (χ2n) is 5.11. The Bertz CT molecular complexity index is 218. The largest absolute Gasteiger partial charge is 0.396 e. The van der Waals surface area contributed by atoms with Crippen molar-refractivity contribution < 1.29 is 10.2 Å². The third-order valence-corrected chi connectivity index (χ3v) is 4.04. The van der Waals surface area contributed by atoms with Crippen LogP contribution in [0.4, 0.5) is 0 Å². The number of β-amino-alcohol motifs (C(OH)–C–C–N with tert-alkyl or cyclic N) is 1. The van der Waals surface area contributed by atoms with Crippen molar-refractivity contribution in [2.75, 3.05) is 52.5 Å². The standard InChI is InChI=1S/C12H25N3O2/c16-8-7-15-6-3-13-9-12(15)14-4-1-11(10-17)2-5-14/h11-13,16-17H,1-10H2. The van der Waals surface area contributed by atoms with Crippen molar-refractivity contribution in [3.8, 4) is 0 Å². The van der Waals surface area contributed by atoms with Crippen LogP contribution in [0.5, 0.6) is 0 Å². The molecule has 0 aliphatic carbocycles. The minimum absolute atomic E-state index is 0.240. The van der Waals surface area contributed by atoms with Crippen molar-refractivity contribution in [1.82, 2.24) is 15.1 Å².